The van der Waals surface area contributed by atoms with E-state index in [2.05, 4.69) is 62.2 Å². The summed E-state index contributed by atoms with van der Waals surface area (Å²) >= 11 is 0. The molecule has 0 aromatic heterocycles. The Hall–Kier alpha value is -0.900. The second-order valence-electron chi connectivity index (χ2n) is 6.19. The summed E-state index contributed by atoms with van der Waals surface area (Å²) in [4.78, 5) is 2.34. The summed E-state index contributed by atoms with van der Waals surface area (Å²) in [6.07, 6.45) is 0. The fourth-order valence-electron chi connectivity index (χ4n) is 2.49. The summed E-state index contributed by atoms with van der Waals surface area (Å²) in [7, 11) is 0. The number of benzene rings is 1. The Balaban J connectivity index is 2.66. The molecule has 1 atom stereocenters. The first-order valence-electron chi connectivity index (χ1n) is 7.60. The van der Waals surface area contributed by atoms with Gasteiger partial charge in [-0.3, -0.25) is 4.90 Å². The molecule has 0 radical (unpaired) electrons. The molecule has 0 saturated heterocycles. The molecule has 1 aromatic carbocycles. The maximum atomic E-state index is 9.30. The topological polar surface area (TPSA) is 35.5 Å². The molecule has 0 saturated carbocycles. The van der Waals surface area contributed by atoms with Crippen LogP contribution in [0.15, 0.2) is 30.3 Å². The predicted octanol–water partition coefficient (Wildman–Crippen LogP) is 2.51. The van der Waals surface area contributed by atoms with Crippen LogP contribution in [0.25, 0.3) is 0 Å². The van der Waals surface area contributed by atoms with E-state index in [1.54, 1.807) is 0 Å². The van der Waals surface area contributed by atoms with Gasteiger partial charge < -0.3 is 10.4 Å². The zero-order chi connectivity index (χ0) is 15.0. The van der Waals surface area contributed by atoms with Crippen LogP contribution in [0.1, 0.15) is 33.3 Å². The minimum Gasteiger partial charge on any atom is -0.395 e. The van der Waals surface area contributed by atoms with Crippen molar-refractivity contribution in [2.75, 3.05) is 26.2 Å². The molecule has 2 N–H and O–H groups in total. The van der Waals surface area contributed by atoms with Gasteiger partial charge in [0.2, 0.25) is 0 Å². The van der Waals surface area contributed by atoms with Crippen molar-refractivity contribution in [1.29, 1.82) is 0 Å². The quantitative estimate of drug-likeness (QED) is 0.728. The van der Waals surface area contributed by atoms with E-state index in [4.69, 9.17) is 0 Å². The van der Waals surface area contributed by atoms with Crippen molar-refractivity contribution >= 4 is 0 Å². The monoisotopic (exact) mass is 278 g/mol. The van der Waals surface area contributed by atoms with E-state index < -0.39 is 0 Å². The van der Waals surface area contributed by atoms with Gasteiger partial charge in [0, 0.05) is 25.7 Å². The second kappa shape index (κ2) is 8.40. The number of nitrogens with zero attached hydrogens (tertiary/aromatic N) is 1. The van der Waals surface area contributed by atoms with Crippen LogP contribution in [0.3, 0.4) is 0 Å². The Morgan fingerprint density at radius 1 is 1.25 bits per heavy atom. The third kappa shape index (κ3) is 5.61. The minimum atomic E-state index is 0.167. The highest BCUT2D eigenvalue weighted by molar-refractivity contribution is 5.14. The SMILES string of the molecule is CCNC(C)C(C)(C)CN(CCO)Cc1ccccc1. The van der Waals surface area contributed by atoms with Crippen LogP contribution >= 0.6 is 0 Å². The van der Waals surface area contributed by atoms with Gasteiger partial charge in [0.1, 0.15) is 0 Å². The van der Waals surface area contributed by atoms with E-state index in [9.17, 15) is 5.11 Å². The van der Waals surface area contributed by atoms with Crippen molar-refractivity contribution in [1.82, 2.24) is 10.2 Å². The van der Waals surface area contributed by atoms with Crippen LogP contribution in [0, 0.1) is 5.41 Å². The molecule has 1 unspecified atom stereocenters. The van der Waals surface area contributed by atoms with E-state index in [1.807, 2.05) is 6.07 Å². The molecule has 0 spiro atoms. The second-order valence-corrected chi connectivity index (χ2v) is 6.19. The summed E-state index contributed by atoms with van der Waals surface area (Å²) < 4.78 is 0. The highest BCUT2D eigenvalue weighted by Gasteiger charge is 2.27. The van der Waals surface area contributed by atoms with Crippen LogP contribution in [-0.4, -0.2) is 42.3 Å². The molecule has 3 nitrogen and oxygen atoms in total. The van der Waals surface area contributed by atoms with E-state index in [1.165, 1.54) is 5.56 Å². The zero-order valence-corrected chi connectivity index (χ0v) is 13.4. The Labute approximate surface area is 124 Å². The van der Waals surface area contributed by atoms with Gasteiger partial charge in [-0.2, -0.15) is 0 Å². The first kappa shape index (κ1) is 17.2. The van der Waals surface area contributed by atoms with Crippen LogP contribution in [-0.2, 0) is 6.54 Å². The Kier molecular flexibility index (Phi) is 7.20. The molecular formula is C17H30N2O. The number of aliphatic hydroxyl groups excluding tert-OH is 1. The number of hydrogen-bond donors (Lipinski definition) is 2. The molecule has 0 fully saturated rings. The highest BCUT2D eigenvalue weighted by atomic mass is 16.3. The summed E-state index contributed by atoms with van der Waals surface area (Å²) in [5.41, 5.74) is 1.47. The molecule has 0 bridgehead atoms. The van der Waals surface area contributed by atoms with Crippen molar-refractivity contribution < 1.29 is 5.11 Å². The Bertz CT molecular complexity index is 365. The fourth-order valence-corrected chi connectivity index (χ4v) is 2.49. The lowest BCUT2D eigenvalue weighted by Crippen LogP contribution is -2.47. The first-order chi connectivity index (χ1) is 9.49. The van der Waals surface area contributed by atoms with Gasteiger partial charge in [-0.05, 0) is 24.4 Å². The number of nitrogens with one attached hydrogen (secondary N) is 1. The third-order valence-electron chi connectivity index (χ3n) is 3.98. The van der Waals surface area contributed by atoms with Crippen LogP contribution in [0.4, 0.5) is 0 Å². The lowest BCUT2D eigenvalue weighted by atomic mass is 9.84. The largest absolute Gasteiger partial charge is 0.395 e. The summed E-state index contributed by atoms with van der Waals surface area (Å²) in [5.74, 6) is 0. The van der Waals surface area contributed by atoms with Crippen molar-refractivity contribution in [3.8, 4) is 0 Å². The Morgan fingerprint density at radius 3 is 2.45 bits per heavy atom. The first-order valence-corrected chi connectivity index (χ1v) is 7.60. The Morgan fingerprint density at radius 2 is 1.90 bits per heavy atom. The van der Waals surface area contributed by atoms with Crippen molar-refractivity contribution in [2.24, 2.45) is 5.41 Å². The fraction of sp³-hybridized carbons (Fsp3) is 0.647. The van der Waals surface area contributed by atoms with Crippen LogP contribution < -0.4 is 5.32 Å². The van der Waals surface area contributed by atoms with Crippen LogP contribution in [0.2, 0.25) is 0 Å². The molecule has 0 heterocycles. The van der Waals surface area contributed by atoms with Gasteiger partial charge in [0.25, 0.3) is 0 Å². The van der Waals surface area contributed by atoms with E-state index in [0.29, 0.717) is 6.04 Å². The zero-order valence-electron chi connectivity index (χ0n) is 13.4. The average Bonchev–Trinajstić information content (AvgIpc) is 2.40. The molecule has 1 rings (SSSR count). The summed E-state index contributed by atoms with van der Waals surface area (Å²) in [6.45, 7) is 12.7. The molecular weight excluding hydrogens is 248 g/mol. The lowest BCUT2D eigenvalue weighted by molar-refractivity contribution is 0.115. The lowest BCUT2D eigenvalue weighted by Gasteiger charge is -2.37. The number of aliphatic hydroxyl groups is 1. The smallest absolute Gasteiger partial charge is 0.0558 e. The van der Waals surface area contributed by atoms with Crippen molar-refractivity contribution in [3.63, 3.8) is 0 Å². The molecule has 0 aliphatic heterocycles. The van der Waals surface area contributed by atoms with Crippen molar-refractivity contribution in [2.45, 2.75) is 40.3 Å². The number of hydrogen-bond acceptors (Lipinski definition) is 3. The van der Waals surface area contributed by atoms with E-state index in [-0.39, 0.29) is 12.0 Å². The molecule has 20 heavy (non-hydrogen) atoms. The predicted molar refractivity (Wildman–Crippen MR) is 85.7 cm³/mol. The molecule has 0 aliphatic carbocycles. The molecule has 114 valence electrons. The summed E-state index contributed by atoms with van der Waals surface area (Å²) in [5, 5.41) is 12.8. The van der Waals surface area contributed by atoms with Crippen LogP contribution in [0.5, 0.6) is 0 Å². The molecule has 0 aliphatic rings. The molecule has 0 amide bonds. The van der Waals surface area contributed by atoms with Crippen molar-refractivity contribution in [3.05, 3.63) is 35.9 Å². The molecule has 1 aromatic rings. The van der Waals surface area contributed by atoms with E-state index >= 15 is 0 Å². The minimum absolute atomic E-state index is 0.167. The van der Waals surface area contributed by atoms with Gasteiger partial charge >= 0.3 is 0 Å². The normalized spacial score (nSPS) is 13.7. The van der Waals surface area contributed by atoms with Gasteiger partial charge in [-0.15, -0.1) is 0 Å². The standard InChI is InChI=1S/C17H30N2O/c1-5-18-15(2)17(3,4)14-19(11-12-20)13-16-9-7-6-8-10-16/h6-10,15,18,20H,5,11-14H2,1-4H3. The third-order valence-corrected chi connectivity index (χ3v) is 3.98. The summed E-state index contributed by atoms with van der Waals surface area (Å²) in [6, 6.07) is 10.9. The maximum absolute atomic E-state index is 9.30. The average molecular weight is 278 g/mol. The van der Waals surface area contributed by atoms with Gasteiger partial charge in [-0.25, -0.2) is 0 Å². The number of rotatable bonds is 9. The maximum Gasteiger partial charge on any atom is 0.0558 e. The molecule has 3 heteroatoms. The van der Waals surface area contributed by atoms with Gasteiger partial charge in [0.15, 0.2) is 0 Å². The highest BCUT2D eigenvalue weighted by Crippen LogP contribution is 2.23. The van der Waals surface area contributed by atoms with E-state index in [0.717, 1.165) is 26.2 Å². The van der Waals surface area contributed by atoms with Gasteiger partial charge in [-0.1, -0.05) is 51.1 Å². The van der Waals surface area contributed by atoms with Gasteiger partial charge in [0.05, 0.1) is 6.61 Å².